The molecule has 1 aliphatic carbocycles. The van der Waals surface area contributed by atoms with Crippen molar-refractivity contribution in [2.45, 2.75) is 58.9 Å². The number of esters is 1. The molecule has 0 aromatic carbocycles. The number of nitrogens with zero attached hydrogens (tertiary/aromatic N) is 3. The number of anilines is 1. The molecule has 0 saturated carbocycles. The second kappa shape index (κ2) is 7.05. The van der Waals surface area contributed by atoms with E-state index in [2.05, 4.69) is 30.8 Å². The van der Waals surface area contributed by atoms with Gasteiger partial charge in [-0.25, -0.2) is 9.97 Å². The number of ether oxygens (including phenoxy) is 1. The molecule has 0 radical (unpaired) electrons. The van der Waals surface area contributed by atoms with Crippen molar-refractivity contribution in [1.82, 2.24) is 9.97 Å². The van der Waals surface area contributed by atoms with Crippen LogP contribution in [-0.2, 0) is 28.8 Å². The van der Waals surface area contributed by atoms with Crippen LogP contribution in [0.5, 0.6) is 0 Å². The molecule has 0 atom stereocenters. The Labute approximate surface area is 147 Å². The topological polar surface area (TPSA) is 55.3 Å². The molecular weight excluding hydrogens is 322 g/mol. The molecule has 130 valence electrons. The quantitative estimate of drug-likeness (QED) is 0.775. The molecule has 0 aliphatic heterocycles. The van der Waals surface area contributed by atoms with Crippen molar-refractivity contribution in [3.63, 3.8) is 0 Å². The van der Waals surface area contributed by atoms with Gasteiger partial charge in [0.05, 0.1) is 12.0 Å². The molecule has 2 aromatic rings. The Balaban J connectivity index is 2.11. The Morgan fingerprint density at radius 1 is 1.29 bits per heavy atom. The summed E-state index contributed by atoms with van der Waals surface area (Å²) in [6.07, 6.45) is 4.85. The van der Waals surface area contributed by atoms with Gasteiger partial charge < -0.3 is 9.64 Å². The molecule has 0 unspecified atom stereocenters. The van der Waals surface area contributed by atoms with Crippen LogP contribution in [0, 0.1) is 0 Å². The smallest absolute Gasteiger partial charge is 0.313 e. The maximum absolute atomic E-state index is 11.8. The number of thiophene rings is 1. The first-order valence-corrected chi connectivity index (χ1v) is 9.52. The first-order chi connectivity index (χ1) is 11.5. The van der Waals surface area contributed by atoms with Crippen molar-refractivity contribution < 1.29 is 9.53 Å². The van der Waals surface area contributed by atoms with Gasteiger partial charge in [-0.2, -0.15) is 0 Å². The molecule has 0 bridgehead atoms. The minimum atomic E-state index is -0.267. The molecule has 0 amide bonds. The summed E-state index contributed by atoms with van der Waals surface area (Å²) in [6.45, 7) is 6.50. The van der Waals surface area contributed by atoms with E-state index in [4.69, 9.17) is 9.72 Å². The Morgan fingerprint density at radius 2 is 2.04 bits per heavy atom. The van der Waals surface area contributed by atoms with Crippen LogP contribution in [-0.4, -0.2) is 35.6 Å². The van der Waals surface area contributed by atoms with Crippen molar-refractivity contribution >= 4 is 33.3 Å². The Kier molecular flexibility index (Phi) is 5.04. The summed E-state index contributed by atoms with van der Waals surface area (Å²) < 4.78 is 5.06. The minimum Gasteiger partial charge on any atom is -0.466 e. The molecule has 0 spiro atoms. The Bertz CT molecular complexity index is 754. The lowest BCUT2D eigenvalue weighted by Crippen LogP contribution is -2.27. The summed E-state index contributed by atoms with van der Waals surface area (Å²) in [5.41, 5.74) is 1.42. The number of hydrogen-bond donors (Lipinski definition) is 0. The lowest BCUT2D eigenvalue weighted by molar-refractivity contribution is -0.142. The first kappa shape index (κ1) is 17.1. The highest BCUT2D eigenvalue weighted by molar-refractivity contribution is 7.19. The van der Waals surface area contributed by atoms with Gasteiger partial charge in [0, 0.05) is 18.0 Å². The average Bonchev–Trinajstić information content (AvgIpc) is 2.91. The van der Waals surface area contributed by atoms with Crippen molar-refractivity contribution in [2.24, 2.45) is 0 Å². The summed E-state index contributed by atoms with van der Waals surface area (Å²) in [7, 11) is 2.06. The van der Waals surface area contributed by atoms with E-state index in [1.165, 1.54) is 28.7 Å². The van der Waals surface area contributed by atoms with Gasteiger partial charge in [0.1, 0.15) is 22.9 Å². The predicted molar refractivity (Wildman–Crippen MR) is 97.9 cm³/mol. The lowest BCUT2D eigenvalue weighted by atomic mass is 9.97. The highest BCUT2D eigenvalue weighted by Gasteiger charge is 2.24. The van der Waals surface area contributed by atoms with Gasteiger partial charge >= 0.3 is 5.97 Å². The first-order valence-electron chi connectivity index (χ1n) is 8.70. The number of hydrogen-bond acceptors (Lipinski definition) is 6. The van der Waals surface area contributed by atoms with E-state index < -0.39 is 0 Å². The number of rotatable bonds is 5. The largest absolute Gasteiger partial charge is 0.466 e. The van der Waals surface area contributed by atoms with Crippen LogP contribution in [0.2, 0.25) is 0 Å². The van der Waals surface area contributed by atoms with Crippen LogP contribution in [0.3, 0.4) is 0 Å². The van der Waals surface area contributed by atoms with Gasteiger partial charge in [-0.1, -0.05) is 0 Å². The fourth-order valence-electron chi connectivity index (χ4n) is 3.10. The molecule has 1 aliphatic rings. The molecule has 6 heteroatoms. The third-order valence-corrected chi connectivity index (χ3v) is 5.74. The van der Waals surface area contributed by atoms with Crippen LogP contribution < -0.4 is 4.90 Å². The molecule has 24 heavy (non-hydrogen) atoms. The summed E-state index contributed by atoms with van der Waals surface area (Å²) in [5.74, 6) is 1.24. The average molecular weight is 347 g/mol. The van der Waals surface area contributed by atoms with Gasteiger partial charge in [0.25, 0.3) is 0 Å². The van der Waals surface area contributed by atoms with Gasteiger partial charge in [0.15, 0.2) is 0 Å². The highest BCUT2D eigenvalue weighted by atomic mass is 32.1. The molecule has 0 fully saturated rings. The van der Waals surface area contributed by atoms with E-state index in [1.807, 2.05) is 6.92 Å². The van der Waals surface area contributed by atoms with Gasteiger partial charge in [-0.3, -0.25) is 4.79 Å². The zero-order chi connectivity index (χ0) is 17.3. The van der Waals surface area contributed by atoms with Crippen LogP contribution >= 0.6 is 11.3 Å². The second-order valence-electron chi connectivity index (χ2n) is 6.54. The molecule has 5 nitrogen and oxygen atoms in total. The van der Waals surface area contributed by atoms with E-state index in [0.717, 1.165) is 23.5 Å². The van der Waals surface area contributed by atoms with E-state index in [1.54, 1.807) is 11.3 Å². The van der Waals surface area contributed by atoms with E-state index >= 15 is 0 Å². The highest BCUT2D eigenvalue weighted by Crippen LogP contribution is 2.39. The summed E-state index contributed by atoms with van der Waals surface area (Å²) in [5, 5.41) is 1.19. The fraction of sp³-hybridized carbons (Fsp3) is 0.611. The molecule has 3 rings (SSSR count). The number of carbonyl (C=O) groups excluding carboxylic acids is 1. The zero-order valence-electron chi connectivity index (χ0n) is 14.9. The number of fused-ring (bicyclic) bond motifs is 3. The third kappa shape index (κ3) is 3.24. The Hall–Kier alpha value is -1.69. The fourth-order valence-corrected chi connectivity index (χ4v) is 4.38. The standard InChI is InChI=1S/C18H25N3O2S/c1-5-23-15(22)10-14-19-17(21(4)11(2)3)16-12-8-6-7-9-13(12)24-18(16)20-14/h11H,5-10H2,1-4H3. The minimum absolute atomic E-state index is 0.130. The predicted octanol–water partition coefficient (Wildman–Crippen LogP) is 3.52. The van der Waals surface area contributed by atoms with Crippen molar-refractivity contribution in [3.05, 3.63) is 16.3 Å². The summed E-state index contributed by atoms with van der Waals surface area (Å²) in [4.78, 5) is 25.9. The van der Waals surface area contributed by atoms with E-state index in [0.29, 0.717) is 18.5 Å². The molecular formula is C18H25N3O2S. The third-order valence-electron chi connectivity index (χ3n) is 4.56. The van der Waals surface area contributed by atoms with E-state index in [9.17, 15) is 4.79 Å². The number of aromatic nitrogens is 2. The lowest BCUT2D eigenvalue weighted by Gasteiger charge is -2.24. The van der Waals surface area contributed by atoms with Crippen LogP contribution in [0.4, 0.5) is 5.82 Å². The second-order valence-corrected chi connectivity index (χ2v) is 7.62. The van der Waals surface area contributed by atoms with Gasteiger partial charge in [-0.05, 0) is 52.0 Å². The molecule has 0 N–H and O–H groups in total. The maximum Gasteiger partial charge on any atom is 0.313 e. The number of carbonyl (C=O) groups is 1. The summed E-state index contributed by atoms with van der Waals surface area (Å²) >= 11 is 1.77. The van der Waals surface area contributed by atoms with Crippen LogP contribution in [0.25, 0.3) is 10.2 Å². The Morgan fingerprint density at radius 3 is 2.75 bits per heavy atom. The zero-order valence-corrected chi connectivity index (χ0v) is 15.7. The summed E-state index contributed by atoms with van der Waals surface area (Å²) in [6, 6.07) is 0.331. The number of aryl methyl sites for hydroxylation is 2. The maximum atomic E-state index is 11.8. The molecule has 0 saturated heterocycles. The monoisotopic (exact) mass is 347 g/mol. The molecule has 2 heterocycles. The molecule has 2 aromatic heterocycles. The van der Waals surface area contributed by atoms with Crippen molar-refractivity contribution in [2.75, 3.05) is 18.6 Å². The van der Waals surface area contributed by atoms with Crippen LogP contribution in [0.15, 0.2) is 0 Å². The SMILES string of the molecule is CCOC(=O)Cc1nc(N(C)C(C)C)c2c3c(sc2n1)CCCC3. The van der Waals surface area contributed by atoms with Crippen LogP contribution in [0.1, 0.15) is 49.9 Å². The van der Waals surface area contributed by atoms with Crippen molar-refractivity contribution in [3.8, 4) is 0 Å². The normalized spacial score (nSPS) is 14.0. The van der Waals surface area contributed by atoms with Crippen molar-refractivity contribution in [1.29, 1.82) is 0 Å². The van der Waals surface area contributed by atoms with Gasteiger partial charge in [-0.15, -0.1) is 11.3 Å². The van der Waals surface area contributed by atoms with E-state index in [-0.39, 0.29) is 12.4 Å². The van der Waals surface area contributed by atoms with Gasteiger partial charge in [0.2, 0.25) is 0 Å².